The number of amides is 1. The van der Waals surface area contributed by atoms with Crippen LogP contribution in [0, 0.1) is 0 Å². The van der Waals surface area contributed by atoms with Gasteiger partial charge in [-0.15, -0.1) is 11.8 Å². The molecule has 0 saturated carbocycles. The number of morpholine rings is 1. The van der Waals surface area contributed by atoms with Crippen molar-refractivity contribution in [2.45, 2.75) is 18.4 Å². The van der Waals surface area contributed by atoms with Crippen LogP contribution in [0.2, 0.25) is 0 Å². The molecule has 2 rings (SSSR count). The quantitative estimate of drug-likeness (QED) is 0.782. The van der Waals surface area contributed by atoms with Crippen LogP contribution >= 0.6 is 11.8 Å². The van der Waals surface area contributed by atoms with E-state index in [-0.39, 0.29) is 5.91 Å². The van der Waals surface area contributed by atoms with E-state index in [4.69, 9.17) is 4.74 Å². The van der Waals surface area contributed by atoms with E-state index in [0.29, 0.717) is 26.3 Å². The molecular formula is C13H18N2O2S. The van der Waals surface area contributed by atoms with Gasteiger partial charge in [0, 0.05) is 19.3 Å². The van der Waals surface area contributed by atoms with Crippen molar-refractivity contribution < 1.29 is 9.53 Å². The largest absolute Gasteiger partial charge is 0.378 e. The van der Waals surface area contributed by atoms with E-state index in [0.717, 1.165) is 22.8 Å². The molecule has 2 heterocycles. The van der Waals surface area contributed by atoms with Crippen molar-refractivity contribution in [1.29, 1.82) is 0 Å². The molecule has 0 atom stereocenters. The Morgan fingerprint density at radius 1 is 1.50 bits per heavy atom. The molecule has 0 unspecified atom stereocenters. The number of hydrogen-bond donors (Lipinski definition) is 0. The first kappa shape index (κ1) is 13.4. The monoisotopic (exact) mass is 266 g/mol. The lowest BCUT2D eigenvalue weighted by Gasteiger charge is -2.27. The maximum absolute atomic E-state index is 12.4. The third-order valence-electron chi connectivity index (χ3n) is 2.74. The van der Waals surface area contributed by atoms with Crippen LogP contribution in [0.5, 0.6) is 0 Å². The number of carbonyl (C=O) groups excluding carboxylic acids is 1. The van der Waals surface area contributed by atoms with Crippen LogP contribution in [-0.4, -0.2) is 47.8 Å². The highest BCUT2D eigenvalue weighted by molar-refractivity contribution is 7.99. The first-order chi connectivity index (χ1) is 8.83. The second-order valence-corrected chi connectivity index (χ2v) is 5.19. The van der Waals surface area contributed by atoms with Crippen molar-refractivity contribution in [3.8, 4) is 0 Å². The van der Waals surface area contributed by atoms with Gasteiger partial charge in [0.25, 0.3) is 5.91 Å². The highest BCUT2D eigenvalue weighted by atomic mass is 32.2. The van der Waals surface area contributed by atoms with E-state index in [9.17, 15) is 4.79 Å². The van der Waals surface area contributed by atoms with E-state index in [1.54, 1.807) is 18.0 Å². The molecule has 0 spiro atoms. The molecule has 0 aromatic carbocycles. The standard InChI is InChI=1S/C13H18N2O2S/c1-2-10-18-12-11(4-3-5-14-12)13(16)15-6-8-17-9-7-15/h3-5H,2,6-10H2,1H3. The number of nitrogens with zero attached hydrogens (tertiary/aromatic N) is 2. The predicted octanol–water partition coefficient (Wildman–Crippen LogP) is 2.06. The van der Waals surface area contributed by atoms with Gasteiger partial charge in [0.05, 0.1) is 18.8 Å². The molecule has 5 heteroatoms. The normalized spacial score (nSPS) is 15.7. The number of ether oxygens (including phenoxy) is 1. The molecule has 1 fully saturated rings. The summed E-state index contributed by atoms with van der Waals surface area (Å²) in [4.78, 5) is 18.6. The van der Waals surface area contributed by atoms with Crippen LogP contribution in [0.3, 0.4) is 0 Å². The zero-order chi connectivity index (χ0) is 12.8. The number of pyridine rings is 1. The van der Waals surface area contributed by atoms with Gasteiger partial charge in [0.2, 0.25) is 0 Å². The Morgan fingerprint density at radius 2 is 2.28 bits per heavy atom. The van der Waals surface area contributed by atoms with Gasteiger partial charge in [-0.2, -0.15) is 0 Å². The molecule has 1 aliphatic rings. The maximum Gasteiger partial charge on any atom is 0.256 e. The molecule has 1 saturated heterocycles. The average Bonchev–Trinajstić information content (AvgIpc) is 2.45. The van der Waals surface area contributed by atoms with Crippen molar-refractivity contribution >= 4 is 17.7 Å². The number of hydrogen-bond acceptors (Lipinski definition) is 4. The van der Waals surface area contributed by atoms with Gasteiger partial charge >= 0.3 is 0 Å². The SMILES string of the molecule is CCCSc1ncccc1C(=O)N1CCOCC1. The second kappa shape index (κ2) is 6.75. The summed E-state index contributed by atoms with van der Waals surface area (Å²) < 4.78 is 5.27. The number of carbonyl (C=O) groups is 1. The number of thioether (sulfide) groups is 1. The smallest absolute Gasteiger partial charge is 0.256 e. The van der Waals surface area contributed by atoms with E-state index >= 15 is 0 Å². The lowest BCUT2D eigenvalue weighted by Crippen LogP contribution is -2.40. The minimum atomic E-state index is 0.0741. The molecule has 4 nitrogen and oxygen atoms in total. The summed E-state index contributed by atoms with van der Waals surface area (Å²) in [7, 11) is 0. The average molecular weight is 266 g/mol. The Bertz CT molecular complexity index is 406. The highest BCUT2D eigenvalue weighted by Gasteiger charge is 2.21. The molecule has 0 bridgehead atoms. The molecule has 0 N–H and O–H groups in total. The lowest BCUT2D eigenvalue weighted by molar-refractivity contribution is 0.0300. The van der Waals surface area contributed by atoms with Gasteiger partial charge in [0.1, 0.15) is 5.03 Å². The molecule has 98 valence electrons. The summed E-state index contributed by atoms with van der Waals surface area (Å²) in [5.41, 5.74) is 0.720. The third-order valence-corrected chi connectivity index (χ3v) is 3.95. The van der Waals surface area contributed by atoms with Crippen molar-refractivity contribution in [2.24, 2.45) is 0 Å². The second-order valence-electron chi connectivity index (χ2n) is 4.11. The summed E-state index contributed by atoms with van der Waals surface area (Å²) in [5, 5.41) is 0.843. The fourth-order valence-corrected chi connectivity index (χ4v) is 2.65. The van der Waals surface area contributed by atoms with Gasteiger partial charge in [0.15, 0.2) is 0 Å². The van der Waals surface area contributed by atoms with Gasteiger partial charge < -0.3 is 9.64 Å². The fourth-order valence-electron chi connectivity index (χ4n) is 1.80. The van der Waals surface area contributed by atoms with E-state index in [1.165, 1.54) is 0 Å². The molecular weight excluding hydrogens is 248 g/mol. The Labute approximate surface area is 112 Å². The van der Waals surface area contributed by atoms with Crippen LogP contribution in [0.4, 0.5) is 0 Å². The zero-order valence-corrected chi connectivity index (χ0v) is 11.4. The topological polar surface area (TPSA) is 42.4 Å². The van der Waals surface area contributed by atoms with Gasteiger partial charge in [-0.25, -0.2) is 4.98 Å². The van der Waals surface area contributed by atoms with E-state index < -0.39 is 0 Å². The molecule has 1 aromatic heterocycles. The molecule has 1 aliphatic heterocycles. The highest BCUT2D eigenvalue weighted by Crippen LogP contribution is 2.22. The number of aromatic nitrogens is 1. The Kier molecular flexibility index (Phi) is 5.01. The first-order valence-electron chi connectivity index (χ1n) is 6.27. The van der Waals surface area contributed by atoms with Crippen LogP contribution in [0.1, 0.15) is 23.7 Å². The third kappa shape index (κ3) is 3.23. The summed E-state index contributed by atoms with van der Waals surface area (Å²) in [5.74, 6) is 1.06. The van der Waals surface area contributed by atoms with Crippen molar-refractivity contribution in [2.75, 3.05) is 32.1 Å². The Hall–Kier alpha value is -1.07. The van der Waals surface area contributed by atoms with Crippen molar-refractivity contribution in [1.82, 2.24) is 9.88 Å². The molecule has 1 amide bonds. The molecule has 1 aromatic rings. The van der Waals surface area contributed by atoms with Crippen LogP contribution in [0.25, 0.3) is 0 Å². The van der Waals surface area contributed by atoms with Crippen LogP contribution in [0.15, 0.2) is 23.4 Å². The van der Waals surface area contributed by atoms with E-state index in [2.05, 4.69) is 11.9 Å². The van der Waals surface area contributed by atoms with Crippen molar-refractivity contribution in [3.05, 3.63) is 23.9 Å². The predicted molar refractivity (Wildman–Crippen MR) is 72.0 cm³/mol. The zero-order valence-electron chi connectivity index (χ0n) is 10.6. The van der Waals surface area contributed by atoms with Crippen molar-refractivity contribution in [3.63, 3.8) is 0 Å². The molecule has 0 radical (unpaired) electrons. The molecule has 0 aliphatic carbocycles. The number of rotatable bonds is 4. The Morgan fingerprint density at radius 3 is 3.00 bits per heavy atom. The summed E-state index contributed by atoms with van der Waals surface area (Å²) in [6, 6.07) is 3.69. The van der Waals surface area contributed by atoms with Gasteiger partial charge in [-0.3, -0.25) is 4.79 Å². The summed E-state index contributed by atoms with van der Waals surface area (Å²) >= 11 is 1.65. The van der Waals surface area contributed by atoms with E-state index in [1.807, 2.05) is 17.0 Å². The minimum absolute atomic E-state index is 0.0741. The fraction of sp³-hybridized carbons (Fsp3) is 0.538. The minimum Gasteiger partial charge on any atom is -0.378 e. The lowest BCUT2D eigenvalue weighted by atomic mass is 10.2. The van der Waals surface area contributed by atoms with Crippen LogP contribution < -0.4 is 0 Å². The maximum atomic E-state index is 12.4. The van der Waals surface area contributed by atoms with Crippen LogP contribution in [-0.2, 0) is 4.74 Å². The summed E-state index contributed by atoms with van der Waals surface area (Å²) in [6.07, 6.45) is 2.82. The van der Waals surface area contributed by atoms with Gasteiger partial charge in [-0.1, -0.05) is 6.92 Å². The molecule has 18 heavy (non-hydrogen) atoms. The summed E-state index contributed by atoms with van der Waals surface area (Å²) in [6.45, 7) is 4.73. The Balaban J connectivity index is 2.12. The van der Waals surface area contributed by atoms with Gasteiger partial charge in [-0.05, 0) is 24.3 Å². The first-order valence-corrected chi connectivity index (χ1v) is 7.26.